The molecule has 1 aromatic heterocycles. The largest absolute Gasteiger partial charge is 0.490 e. The van der Waals surface area contributed by atoms with E-state index in [0.29, 0.717) is 26.3 Å². The highest BCUT2D eigenvalue weighted by molar-refractivity contribution is 5.94. The molecule has 2 amide bonds. The average Bonchev–Trinajstić information content (AvgIpc) is 3.35. The molecule has 1 N–H and O–H groups in total. The highest BCUT2D eigenvalue weighted by Crippen LogP contribution is 2.26. The summed E-state index contributed by atoms with van der Waals surface area (Å²) >= 11 is 0. The number of anilines is 2. The predicted octanol–water partition coefficient (Wildman–Crippen LogP) is 1.96. The second-order valence-corrected chi connectivity index (χ2v) is 8.92. The smallest absolute Gasteiger partial charge is 0.231 e. The minimum absolute atomic E-state index is 0.0200. The topological polar surface area (TPSA) is 96.9 Å². The van der Waals surface area contributed by atoms with Crippen LogP contribution in [0.15, 0.2) is 42.7 Å². The molecule has 1 unspecified atom stereocenters. The van der Waals surface area contributed by atoms with Gasteiger partial charge in [-0.1, -0.05) is 0 Å². The quantitative estimate of drug-likeness (QED) is 0.717. The van der Waals surface area contributed by atoms with E-state index in [0.717, 1.165) is 49.5 Å². The van der Waals surface area contributed by atoms with Crippen LogP contribution in [-0.2, 0) is 14.3 Å². The van der Waals surface area contributed by atoms with Crippen molar-refractivity contribution < 1.29 is 19.1 Å². The van der Waals surface area contributed by atoms with E-state index in [1.165, 1.54) is 0 Å². The second-order valence-electron chi connectivity index (χ2n) is 8.92. The highest BCUT2D eigenvalue weighted by Gasteiger charge is 2.33. The first-order valence-electron chi connectivity index (χ1n) is 11.6. The zero-order valence-electron chi connectivity index (χ0n) is 18.6. The first-order chi connectivity index (χ1) is 16.2. The molecule has 3 aliphatic rings. The maximum absolute atomic E-state index is 12.5. The van der Waals surface area contributed by atoms with Crippen molar-refractivity contribution >= 4 is 23.2 Å². The number of hydrogen-bond acceptors (Lipinski definition) is 7. The molecule has 1 aromatic carbocycles. The van der Waals surface area contributed by atoms with E-state index >= 15 is 0 Å². The summed E-state index contributed by atoms with van der Waals surface area (Å²) < 4.78 is 11.5. The van der Waals surface area contributed by atoms with Crippen molar-refractivity contribution in [3.8, 4) is 5.75 Å². The minimum atomic E-state index is -0.0437. The Balaban J connectivity index is 1.05. The number of likely N-dealkylation sites (tertiary alicyclic amines) is 1. The standard InChI is InChI=1S/C24H29N5O4/c30-23(18-14-29(15-18)20-5-9-25-26-13-20)27-19-1-3-21(4-2-19)33-22-6-10-28(11-7-22)24(31)17-8-12-32-16-17/h1-5,9,13,17-18,22H,6-8,10-12,14-16H2,(H,27,30). The third-order valence-electron chi connectivity index (χ3n) is 6.64. The number of nitrogens with one attached hydrogen (secondary N) is 1. The molecule has 0 saturated carbocycles. The van der Waals surface area contributed by atoms with Gasteiger partial charge in [0.25, 0.3) is 0 Å². The number of rotatable bonds is 6. The van der Waals surface area contributed by atoms with Crippen LogP contribution < -0.4 is 15.0 Å². The fourth-order valence-corrected chi connectivity index (χ4v) is 4.56. The maximum Gasteiger partial charge on any atom is 0.231 e. The summed E-state index contributed by atoms with van der Waals surface area (Å²) in [5.74, 6) is 1.00. The van der Waals surface area contributed by atoms with E-state index in [4.69, 9.17) is 9.47 Å². The van der Waals surface area contributed by atoms with Crippen molar-refractivity contribution in [3.05, 3.63) is 42.7 Å². The fourth-order valence-electron chi connectivity index (χ4n) is 4.56. The summed E-state index contributed by atoms with van der Waals surface area (Å²) in [6.45, 7) is 4.04. The molecule has 33 heavy (non-hydrogen) atoms. The number of piperidine rings is 1. The molecule has 3 fully saturated rings. The number of carbonyl (C=O) groups is 2. The number of benzene rings is 1. The number of aromatic nitrogens is 2. The number of ether oxygens (including phenoxy) is 2. The Labute approximate surface area is 193 Å². The van der Waals surface area contributed by atoms with Crippen molar-refractivity contribution in [2.75, 3.05) is 49.6 Å². The Bertz CT molecular complexity index is 951. The van der Waals surface area contributed by atoms with E-state index in [9.17, 15) is 9.59 Å². The Kier molecular flexibility index (Phi) is 6.39. The van der Waals surface area contributed by atoms with Crippen molar-refractivity contribution in [3.63, 3.8) is 0 Å². The van der Waals surface area contributed by atoms with Crippen LogP contribution in [0.3, 0.4) is 0 Å². The number of carbonyl (C=O) groups excluding carboxylic acids is 2. The lowest BCUT2D eigenvalue weighted by Gasteiger charge is -2.39. The Hall–Kier alpha value is -3.20. The third kappa shape index (κ3) is 5.08. The summed E-state index contributed by atoms with van der Waals surface area (Å²) in [6, 6.07) is 9.41. The summed E-state index contributed by atoms with van der Waals surface area (Å²) in [5.41, 5.74) is 1.74. The van der Waals surface area contributed by atoms with Crippen LogP contribution >= 0.6 is 0 Å². The van der Waals surface area contributed by atoms with Crippen LogP contribution in [0.1, 0.15) is 19.3 Å². The normalized spacial score (nSPS) is 21.5. The van der Waals surface area contributed by atoms with Gasteiger partial charge in [0.15, 0.2) is 0 Å². The zero-order valence-corrected chi connectivity index (χ0v) is 18.6. The van der Waals surface area contributed by atoms with E-state index in [2.05, 4.69) is 20.4 Å². The summed E-state index contributed by atoms with van der Waals surface area (Å²) in [6.07, 6.45) is 5.93. The molecule has 0 radical (unpaired) electrons. The van der Waals surface area contributed by atoms with Gasteiger partial charge in [-0.25, -0.2) is 0 Å². The highest BCUT2D eigenvalue weighted by atomic mass is 16.5. The monoisotopic (exact) mass is 451 g/mol. The molecular formula is C24H29N5O4. The van der Waals surface area contributed by atoms with E-state index < -0.39 is 0 Å². The van der Waals surface area contributed by atoms with Gasteiger partial charge >= 0.3 is 0 Å². The van der Waals surface area contributed by atoms with Crippen LogP contribution in [0, 0.1) is 11.8 Å². The molecule has 0 spiro atoms. The third-order valence-corrected chi connectivity index (χ3v) is 6.64. The van der Waals surface area contributed by atoms with Crippen LogP contribution in [0.4, 0.5) is 11.4 Å². The van der Waals surface area contributed by atoms with Gasteiger partial charge in [0.05, 0.1) is 36.5 Å². The van der Waals surface area contributed by atoms with Crippen LogP contribution in [0.2, 0.25) is 0 Å². The summed E-state index contributed by atoms with van der Waals surface area (Å²) in [7, 11) is 0. The molecule has 174 valence electrons. The molecule has 3 saturated heterocycles. The molecule has 5 rings (SSSR count). The molecular weight excluding hydrogens is 422 g/mol. The van der Waals surface area contributed by atoms with Crippen LogP contribution in [0.25, 0.3) is 0 Å². The molecule has 9 heteroatoms. The van der Waals surface area contributed by atoms with Crippen molar-refractivity contribution in [2.45, 2.75) is 25.4 Å². The van der Waals surface area contributed by atoms with Gasteiger partial charge in [-0.15, -0.1) is 0 Å². The van der Waals surface area contributed by atoms with Crippen LogP contribution in [0.5, 0.6) is 5.75 Å². The van der Waals surface area contributed by atoms with Gasteiger partial charge in [-0.3, -0.25) is 9.59 Å². The minimum Gasteiger partial charge on any atom is -0.490 e. The van der Waals surface area contributed by atoms with Crippen molar-refractivity contribution in [1.29, 1.82) is 0 Å². The van der Waals surface area contributed by atoms with Gasteiger partial charge in [-0.2, -0.15) is 10.2 Å². The zero-order chi connectivity index (χ0) is 22.6. The van der Waals surface area contributed by atoms with Crippen LogP contribution in [-0.4, -0.2) is 72.4 Å². The summed E-state index contributed by atoms with van der Waals surface area (Å²) in [4.78, 5) is 29.1. The van der Waals surface area contributed by atoms with Crippen molar-refractivity contribution in [1.82, 2.24) is 15.1 Å². The molecule has 4 heterocycles. The first kappa shape index (κ1) is 21.6. The number of nitrogens with zero attached hydrogens (tertiary/aromatic N) is 4. The van der Waals surface area contributed by atoms with Gasteiger partial charge in [0.2, 0.25) is 11.8 Å². The lowest BCUT2D eigenvalue weighted by molar-refractivity contribution is -0.137. The molecule has 0 aliphatic carbocycles. The molecule has 3 aliphatic heterocycles. The Morgan fingerprint density at radius 3 is 2.45 bits per heavy atom. The average molecular weight is 452 g/mol. The first-order valence-corrected chi connectivity index (χ1v) is 11.6. The number of amides is 2. The van der Waals surface area contributed by atoms with Gasteiger partial charge in [0, 0.05) is 51.3 Å². The van der Waals surface area contributed by atoms with Crippen molar-refractivity contribution in [2.24, 2.45) is 11.8 Å². The SMILES string of the molecule is O=C(Nc1ccc(OC2CCN(C(=O)C3CCOC3)CC2)cc1)C1CN(c2ccnnc2)C1. The van der Waals surface area contributed by atoms with E-state index in [-0.39, 0.29) is 29.8 Å². The van der Waals surface area contributed by atoms with Gasteiger partial charge in [-0.05, 0) is 36.8 Å². The lowest BCUT2D eigenvalue weighted by Crippen LogP contribution is -2.52. The molecule has 9 nitrogen and oxygen atoms in total. The Morgan fingerprint density at radius 2 is 1.79 bits per heavy atom. The molecule has 1 atom stereocenters. The second kappa shape index (κ2) is 9.74. The predicted molar refractivity (Wildman–Crippen MR) is 122 cm³/mol. The maximum atomic E-state index is 12.5. The van der Waals surface area contributed by atoms with E-state index in [1.807, 2.05) is 35.2 Å². The number of hydrogen-bond donors (Lipinski definition) is 1. The fraction of sp³-hybridized carbons (Fsp3) is 0.500. The molecule has 0 bridgehead atoms. The van der Waals surface area contributed by atoms with Gasteiger partial charge in [0.1, 0.15) is 11.9 Å². The van der Waals surface area contributed by atoms with Gasteiger partial charge < -0.3 is 24.6 Å². The summed E-state index contributed by atoms with van der Waals surface area (Å²) in [5, 5.41) is 10.6. The Morgan fingerprint density at radius 1 is 1.00 bits per heavy atom. The van der Waals surface area contributed by atoms with E-state index in [1.54, 1.807) is 12.4 Å². The lowest BCUT2D eigenvalue weighted by atomic mass is 9.98. The molecule has 2 aromatic rings.